The number of carbonyl (C=O) groups is 15. The third-order valence-corrected chi connectivity index (χ3v) is 29.2. The first-order chi connectivity index (χ1) is 71.1. The Morgan fingerprint density at radius 2 is 1.26 bits per heavy atom. The van der Waals surface area contributed by atoms with E-state index in [1.165, 1.54) is 12.1 Å². The van der Waals surface area contributed by atoms with Crippen LogP contribution in [0.5, 0.6) is 0 Å². The molecule has 12 aliphatic heterocycles. The van der Waals surface area contributed by atoms with Gasteiger partial charge in [0.1, 0.15) is 85.3 Å². The number of anilines is 1. The highest BCUT2D eigenvalue weighted by Crippen LogP contribution is 2.55. The zero-order valence-electron chi connectivity index (χ0n) is 86.2. The maximum atomic E-state index is 14.9. The topological polar surface area (TPSA) is 617 Å². The maximum absolute atomic E-state index is 14.9. The fourth-order valence-electron chi connectivity index (χ4n) is 20.7. The van der Waals surface area contributed by atoms with Crippen LogP contribution in [-0.4, -0.2) is 393 Å². The average Bonchev–Trinajstić information content (AvgIpc) is 1.54. The number of nitrogens with two attached hydrogens (primary N) is 1. The molecule has 830 valence electrons. The van der Waals surface area contributed by atoms with Crippen LogP contribution < -0.4 is 58.9 Å². The van der Waals surface area contributed by atoms with Gasteiger partial charge in [0, 0.05) is 108 Å². The number of cyclic esters (lactones) is 1. The first-order valence-electron chi connectivity index (χ1n) is 51.8. The van der Waals surface area contributed by atoms with E-state index in [1.54, 1.807) is 52.1 Å². The Morgan fingerprint density at radius 1 is 0.604 bits per heavy atom. The predicted octanol–water partition coefficient (Wildman–Crippen LogP) is 0.604. The molecule has 25 atom stereocenters. The molecule has 0 aliphatic carbocycles. The number of carbonyl (C=O) groups excluding carboxylic acids is 15. The lowest BCUT2D eigenvalue weighted by Crippen LogP contribution is -2.61. The molecule has 1 aromatic carbocycles. The van der Waals surface area contributed by atoms with Gasteiger partial charge < -0.3 is 149 Å². The molecule has 1 spiro atoms. The second kappa shape index (κ2) is 56.6. The van der Waals surface area contributed by atoms with Gasteiger partial charge in [-0.05, 0) is 152 Å². The Hall–Kier alpha value is -9.96. The number of likely N-dealkylation sites (N-methyl/N-ethyl adjacent to an activating group) is 1. The highest BCUT2D eigenvalue weighted by molar-refractivity contribution is 7.51. The maximum Gasteiger partial charge on any atom is 0.407 e. The van der Waals surface area contributed by atoms with Crippen molar-refractivity contribution in [3.8, 4) is 0 Å². The molecule has 0 radical (unpaired) electrons. The molecule has 0 saturated carbocycles. The number of Topliss-reactive ketones (excluding diaryl/α,β-unsaturated/α-hetero) is 1. The number of benzene rings is 1. The monoisotopic (exact) mass is 2120 g/mol. The van der Waals surface area contributed by atoms with Crippen molar-refractivity contribution in [2.24, 2.45) is 23.5 Å². The number of ether oxygens (including phenoxy) is 16. The largest absolute Gasteiger partial charge is 0.464 e. The number of esters is 2. The van der Waals surface area contributed by atoms with Crippen molar-refractivity contribution in [1.29, 1.82) is 0 Å². The van der Waals surface area contributed by atoms with Crippen molar-refractivity contribution >= 4 is 102 Å². The molecule has 149 heavy (non-hydrogen) atoms. The zero-order chi connectivity index (χ0) is 107. The highest BCUT2D eigenvalue weighted by Gasteiger charge is 2.69. The molecule has 13 amide bonds. The molecule has 14 N–H and O–H groups in total. The van der Waals surface area contributed by atoms with E-state index in [1.807, 2.05) is 19.0 Å². The van der Waals surface area contributed by atoms with Crippen molar-refractivity contribution < 1.29 is 162 Å². The van der Waals surface area contributed by atoms with E-state index < -0.39 is 225 Å². The molecular weight excluding hydrogens is 1970 g/mol. The second-order valence-electron chi connectivity index (χ2n) is 40.8. The summed E-state index contributed by atoms with van der Waals surface area (Å²) in [6.07, 6.45) is -0.402. The number of fused-ring (bicyclic) bond motifs is 6. The normalized spacial score (nSPS) is 28.2. The molecule has 13 rings (SSSR count). The summed E-state index contributed by atoms with van der Waals surface area (Å²) in [6.45, 7) is 14.4. The molecule has 12 heterocycles. The Labute approximate surface area is 866 Å². The second-order valence-corrected chi connectivity index (χ2v) is 42.6. The standard InChI is InChI=1S/C100H151N14O34P/c1-56(2)85(111-94(124)71(49-81(118)108-70-27-35-138-97(70)127)110-93(123)68(14-11-12-33-112(6)7)107-80(117)28-34-134-37-39-136-41-42-137-40-38-135-36-32-102-95(125)72(114-82(119)24-25-83(114)120)53-104-79(116)29-43-149(130,131)132)96(126)109-69(15-13-31-103-98(101)128)92(122)106-61-18-16-60(17-19-61)55-139-99(129)105-52-66(142-84(121)54-113(8)9)48-77-86(133-10)67-47-62(115)46-64-21-23-74-87(143-64)91-90-89(145-74)88-78(146-90)51-100(147-88,148-91)30-26-65-45-58(4)73(140-65)22-20-63-44-57(3)59(5)75(141-63)50-76(67)144-77/h16-19,24-25,56-57,63-78,85-91H,4-5,11-15,20-23,26-55H2,1-3,6-10H3,(H,102,125)(H,104,116)(H,105,129)(H,106,122)(H,107,117)(H,108,118)(H,109,126)(H,110,123)(H,111,124)(H3,101,103,128)(H2,130,131,132)/t57-,63+,64-,65+,66+,67+,68+,69+,70+,71+,72+,73+,74+,75-,76+,77-,78-,85+,86-,87+,88+,89+,90-,91+,100+/m1/s1. The minimum Gasteiger partial charge on any atom is -0.464 e. The quantitative estimate of drug-likeness (QED) is 0.0106. The van der Waals surface area contributed by atoms with Gasteiger partial charge in [0.15, 0.2) is 5.79 Å². The predicted molar refractivity (Wildman–Crippen MR) is 527 cm³/mol. The lowest BCUT2D eigenvalue weighted by Gasteiger charge is -2.47. The Balaban J connectivity index is 0.620. The third kappa shape index (κ3) is 35.3. The van der Waals surface area contributed by atoms with Crippen LogP contribution in [-0.2, 0) is 149 Å². The first kappa shape index (κ1) is 118. The summed E-state index contributed by atoms with van der Waals surface area (Å²) in [5.41, 5.74) is 8.03. The molecule has 48 nitrogen and oxygen atoms in total. The zero-order valence-corrected chi connectivity index (χ0v) is 87.1. The van der Waals surface area contributed by atoms with E-state index in [0.29, 0.717) is 81.2 Å². The number of hydrogen-bond donors (Lipinski definition) is 13. The molecule has 0 aromatic heterocycles. The molecule has 11 fully saturated rings. The van der Waals surface area contributed by atoms with E-state index in [-0.39, 0.29) is 204 Å². The lowest BCUT2D eigenvalue weighted by molar-refractivity contribution is -0.292. The van der Waals surface area contributed by atoms with Gasteiger partial charge in [-0.3, -0.25) is 71.9 Å². The van der Waals surface area contributed by atoms with Gasteiger partial charge in [0.25, 0.3) is 11.8 Å². The van der Waals surface area contributed by atoms with Crippen LogP contribution in [0.3, 0.4) is 0 Å². The number of hydrogen-bond acceptors (Lipinski definition) is 34. The first-order valence-corrected chi connectivity index (χ1v) is 53.6. The van der Waals surface area contributed by atoms with E-state index in [4.69, 9.17) is 91.3 Å². The van der Waals surface area contributed by atoms with Gasteiger partial charge >= 0.3 is 31.7 Å². The molecule has 49 heteroatoms. The van der Waals surface area contributed by atoms with Gasteiger partial charge in [-0.25, -0.2) is 14.4 Å². The van der Waals surface area contributed by atoms with Crippen molar-refractivity contribution in [2.45, 2.75) is 308 Å². The van der Waals surface area contributed by atoms with Crippen molar-refractivity contribution in [3.63, 3.8) is 0 Å². The van der Waals surface area contributed by atoms with Crippen LogP contribution in [0.25, 0.3) is 0 Å². The van der Waals surface area contributed by atoms with Gasteiger partial charge in [-0.1, -0.05) is 46.1 Å². The third-order valence-electron chi connectivity index (χ3n) is 28.4. The summed E-state index contributed by atoms with van der Waals surface area (Å²) < 4.78 is 112. The van der Waals surface area contributed by atoms with E-state index in [2.05, 4.69) is 73.2 Å². The SMILES string of the molecule is C=C1C[C@@H]2CC[C@@]34C[C@H]5O[C@H]6[C@@H](O3)[C@H]3O[C@H](CC[C@@H]3O[C@H]6[C@H]5O4)CC(=O)C[C@@H]3[C@@H](OC)[C@@H](C[C@@H](CNC(=O)OCc4ccc(NC(=O)[C@H](CCCNC(N)=O)NC(=O)[C@@H](NC(=O)[C@H](CC(=O)N[C@H]5CCOC5=O)NC(=O)[C@H](CCCCN(C)C)NC(=O)CCOCCOCCOCCOCCNC(=O)[C@H](CNC(=O)CCP(=O)(O)O)N5C(=O)C=CC5=O)C(C)C)cc4)OC(=O)CN(C)C)O[C@H]3C[C@H]3O[C@@H](CC[C@@H]1O2)C[C@@H](C)C3=C. The van der Waals surface area contributed by atoms with Crippen LogP contribution in [0.15, 0.2) is 60.7 Å². The smallest absolute Gasteiger partial charge is 0.407 e. The van der Waals surface area contributed by atoms with Gasteiger partial charge in [0.2, 0.25) is 47.3 Å². The lowest BCUT2D eigenvalue weighted by atomic mass is 9.81. The van der Waals surface area contributed by atoms with Gasteiger partial charge in [-0.2, -0.15) is 0 Å². The van der Waals surface area contributed by atoms with E-state index in [9.17, 15) is 76.5 Å². The van der Waals surface area contributed by atoms with Gasteiger partial charge in [0.05, 0.1) is 146 Å². The number of amides is 13. The Kier molecular flexibility index (Phi) is 44.7. The summed E-state index contributed by atoms with van der Waals surface area (Å²) in [5, 5.41) is 26.1. The molecule has 0 unspecified atom stereocenters. The van der Waals surface area contributed by atoms with Crippen LogP contribution in [0.4, 0.5) is 15.3 Å². The van der Waals surface area contributed by atoms with Crippen LogP contribution in [0.2, 0.25) is 0 Å². The minimum atomic E-state index is -4.49. The Bertz CT molecular complexity index is 4860. The molecule has 12 bridgehead atoms. The van der Waals surface area contributed by atoms with Crippen LogP contribution >= 0.6 is 7.60 Å². The molecule has 12 aliphatic rings. The van der Waals surface area contributed by atoms with Crippen LogP contribution in [0.1, 0.15) is 168 Å². The Morgan fingerprint density at radius 3 is 1.95 bits per heavy atom. The number of nitrogens with one attached hydrogen (secondary N) is 10. The number of imide groups is 1. The number of alkyl carbamates (subject to hydrolysis) is 1. The van der Waals surface area contributed by atoms with Crippen molar-refractivity contribution in [3.05, 3.63) is 66.3 Å². The summed E-state index contributed by atoms with van der Waals surface area (Å²) >= 11 is 0. The average molecular weight is 2120 g/mol. The fraction of sp³-hybridized carbons (Fsp3) is 0.730. The van der Waals surface area contributed by atoms with E-state index >= 15 is 0 Å². The number of ketones is 1. The minimum absolute atomic E-state index is 0.00898. The van der Waals surface area contributed by atoms with Crippen LogP contribution in [0, 0.1) is 17.8 Å². The highest BCUT2D eigenvalue weighted by atomic mass is 31.2. The number of unbranched alkanes of at least 4 members (excludes halogenated alkanes) is 1. The summed E-state index contributed by atoms with van der Waals surface area (Å²) in [4.78, 5) is 225. The van der Waals surface area contributed by atoms with Crippen molar-refractivity contribution in [1.82, 2.24) is 62.6 Å². The number of rotatable bonds is 54. The van der Waals surface area contributed by atoms with Gasteiger partial charge in [-0.15, -0.1) is 0 Å². The summed E-state index contributed by atoms with van der Waals surface area (Å²) in [7, 11) is 4.21. The van der Waals surface area contributed by atoms with Crippen molar-refractivity contribution in [2.75, 3.05) is 146 Å². The number of methoxy groups -OCH3 is 1. The summed E-state index contributed by atoms with van der Waals surface area (Å²) in [5.74, 6) is -11.6. The molecule has 1 aromatic rings. The number of nitrogens with zero attached hydrogens (tertiary/aromatic N) is 3. The molecular formula is C100H151N14O34P. The fourth-order valence-corrected chi connectivity index (χ4v) is 21.2. The number of urea groups is 1. The molecule has 11 saturated heterocycles. The van der Waals surface area contributed by atoms with E-state index in [0.717, 1.165) is 36.1 Å². The number of primary amides is 1. The summed E-state index contributed by atoms with van der Waals surface area (Å²) in [6, 6.07) is -3.01.